The Morgan fingerprint density at radius 2 is 1.32 bits per heavy atom. The van der Waals surface area contributed by atoms with Gasteiger partial charge < -0.3 is 4.90 Å². The number of hydrogen-bond acceptors (Lipinski definition) is 1. The largest absolute Gasteiger partial charge is 0.303 e. The lowest BCUT2D eigenvalue weighted by Crippen LogP contribution is -2.28. The highest BCUT2D eigenvalue weighted by Crippen LogP contribution is 2.32. The van der Waals surface area contributed by atoms with Crippen molar-refractivity contribution in [2.24, 2.45) is 0 Å². The van der Waals surface area contributed by atoms with Crippen LogP contribution in [0.15, 0.2) is 66.2 Å². The summed E-state index contributed by atoms with van der Waals surface area (Å²) < 4.78 is 0. The predicted octanol–water partition coefficient (Wildman–Crippen LogP) is 6.16. The van der Waals surface area contributed by atoms with E-state index in [4.69, 9.17) is 0 Å². The SMILES string of the molecule is CCCCN1CCCC(=C(c2ccccc2)c2ccccc2)CCC1. The topological polar surface area (TPSA) is 3.24 Å². The van der Waals surface area contributed by atoms with Crippen molar-refractivity contribution in [1.29, 1.82) is 0 Å². The number of unbranched alkanes of at least 4 members (excludes halogenated alkanes) is 1. The van der Waals surface area contributed by atoms with Crippen LogP contribution in [-0.2, 0) is 0 Å². The molecular weight excluding hydrogens is 302 g/mol. The number of nitrogens with zero attached hydrogens (tertiary/aromatic N) is 1. The first-order valence-corrected chi connectivity index (χ1v) is 9.93. The summed E-state index contributed by atoms with van der Waals surface area (Å²) in [6.45, 7) is 6.07. The molecular formula is C24H31N. The van der Waals surface area contributed by atoms with Crippen LogP contribution in [-0.4, -0.2) is 24.5 Å². The Balaban J connectivity index is 1.85. The van der Waals surface area contributed by atoms with Crippen LogP contribution in [0.1, 0.15) is 56.6 Å². The van der Waals surface area contributed by atoms with Crippen molar-refractivity contribution >= 4 is 5.57 Å². The van der Waals surface area contributed by atoms with Gasteiger partial charge in [-0.05, 0) is 68.4 Å². The summed E-state index contributed by atoms with van der Waals surface area (Å²) in [5.41, 5.74) is 5.86. The Bertz CT molecular complexity index is 604. The van der Waals surface area contributed by atoms with Crippen LogP contribution in [0.3, 0.4) is 0 Å². The molecule has 0 unspecified atom stereocenters. The van der Waals surface area contributed by atoms with Crippen molar-refractivity contribution in [2.45, 2.75) is 45.4 Å². The first kappa shape index (κ1) is 17.9. The summed E-state index contributed by atoms with van der Waals surface area (Å²) in [4.78, 5) is 2.67. The molecule has 1 nitrogen and oxygen atoms in total. The average molecular weight is 334 g/mol. The van der Waals surface area contributed by atoms with Crippen molar-refractivity contribution < 1.29 is 0 Å². The molecule has 1 heterocycles. The number of hydrogen-bond donors (Lipinski definition) is 0. The molecule has 1 aliphatic rings. The number of benzene rings is 2. The normalized spacial score (nSPS) is 16.3. The molecule has 1 fully saturated rings. The summed E-state index contributed by atoms with van der Waals surface area (Å²) >= 11 is 0. The summed E-state index contributed by atoms with van der Waals surface area (Å²) in [6, 6.07) is 21.9. The van der Waals surface area contributed by atoms with E-state index in [1.54, 1.807) is 5.57 Å². The maximum Gasteiger partial charge on any atom is -0.00157 e. The van der Waals surface area contributed by atoms with Crippen molar-refractivity contribution in [3.8, 4) is 0 Å². The van der Waals surface area contributed by atoms with Crippen molar-refractivity contribution in [2.75, 3.05) is 19.6 Å². The highest BCUT2D eigenvalue weighted by molar-refractivity contribution is 5.82. The second-order valence-corrected chi connectivity index (χ2v) is 7.11. The molecule has 1 aliphatic heterocycles. The zero-order chi connectivity index (χ0) is 17.3. The fourth-order valence-corrected chi connectivity index (χ4v) is 3.91. The van der Waals surface area contributed by atoms with Crippen molar-refractivity contribution in [3.63, 3.8) is 0 Å². The van der Waals surface area contributed by atoms with E-state index in [2.05, 4.69) is 72.5 Å². The maximum atomic E-state index is 2.67. The van der Waals surface area contributed by atoms with E-state index in [1.807, 2.05) is 0 Å². The molecule has 132 valence electrons. The maximum absolute atomic E-state index is 2.67. The molecule has 25 heavy (non-hydrogen) atoms. The molecule has 0 spiro atoms. The Morgan fingerprint density at radius 3 is 1.80 bits per heavy atom. The van der Waals surface area contributed by atoms with Crippen LogP contribution in [0.2, 0.25) is 0 Å². The van der Waals surface area contributed by atoms with E-state index in [1.165, 1.54) is 74.9 Å². The Labute approximate surface area is 153 Å². The van der Waals surface area contributed by atoms with Gasteiger partial charge in [0.15, 0.2) is 0 Å². The van der Waals surface area contributed by atoms with Crippen molar-refractivity contribution in [1.82, 2.24) is 4.90 Å². The Morgan fingerprint density at radius 1 is 0.800 bits per heavy atom. The first-order valence-electron chi connectivity index (χ1n) is 9.93. The second-order valence-electron chi connectivity index (χ2n) is 7.11. The molecule has 0 aromatic heterocycles. The third-order valence-corrected chi connectivity index (χ3v) is 5.21. The van der Waals surface area contributed by atoms with Crippen LogP contribution in [0, 0.1) is 0 Å². The molecule has 0 radical (unpaired) electrons. The summed E-state index contributed by atoms with van der Waals surface area (Å²) in [5, 5.41) is 0. The quantitative estimate of drug-likeness (QED) is 0.633. The molecule has 0 N–H and O–H groups in total. The van der Waals surface area contributed by atoms with E-state index < -0.39 is 0 Å². The van der Waals surface area contributed by atoms with Crippen LogP contribution < -0.4 is 0 Å². The molecule has 0 atom stereocenters. The van der Waals surface area contributed by atoms with E-state index in [0.29, 0.717) is 0 Å². The minimum Gasteiger partial charge on any atom is -0.303 e. The lowest BCUT2D eigenvalue weighted by molar-refractivity contribution is 0.255. The van der Waals surface area contributed by atoms with Gasteiger partial charge in [-0.25, -0.2) is 0 Å². The van der Waals surface area contributed by atoms with Crippen LogP contribution >= 0.6 is 0 Å². The smallest absolute Gasteiger partial charge is 0.00157 e. The molecule has 0 aliphatic carbocycles. The zero-order valence-corrected chi connectivity index (χ0v) is 15.6. The van der Waals surface area contributed by atoms with Gasteiger partial charge in [0.2, 0.25) is 0 Å². The van der Waals surface area contributed by atoms with Gasteiger partial charge in [-0.15, -0.1) is 0 Å². The summed E-state index contributed by atoms with van der Waals surface area (Å²) in [6.07, 6.45) is 7.64. The Kier molecular flexibility index (Phi) is 6.88. The number of likely N-dealkylation sites (tertiary alicyclic amines) is 1. The summed E-state index contributed by atoms with van der Waals surface area (Å²) in [7, 11) is 0. The fourth-order valence-electron chi connectivity index (χ4n) is 3.91. The second kappa shape index (κ2) is 9.58. The molecule has 0 amide bonds. The average Bonchev–Trinajstić information content (AvgIpc) is 2.64. The molecule has 1 heteroatoms. The third-order valence-electron chi connectivity index (χ3n) is 5.21. The van der Waals surface area contributed by atoms with Gasteiger partial charge in [0.05, 0.1) is 0 Å². The summed E-state index contributed by atoms with van der Waals surface area (Å²) in [5.74, 6) is 0. The van der Waals surface area contributed by atoms with Gasteiger partial charge in [-0.3, -0.25) is 0 Å². The van der Waals surface area contributed by atoms with Crippen molar-refractivity contribution in [3.05, 3.63) is 77.4 Å². The molecule has 2 aromatic rings. The van der Waals surface area contributed by atoms with Gasteiger partial charge in [0.1, 0.15) is 0 Å². The van der Waals surface area contributed by atoms with E-state index in [9.17, 15) is 0 Å². The zero-order valence-electron chi connectivity index (χ0n) is 15.6. The minimum atomic E-state index is 1.22. The van der Waals surface area contributed by atoms with Gasteiger partial charge in [0, 0.05) is 0 Å². The first-order chi connectivity index (χ1) is 12.4. The highest BCUT2D eigenvalue weighted by atomic mass is 15.1. The highest BCUT2D eigenvalue weighted by Gasteiger charge is 2.15. The predicted molar refractivity (Wildman–Crippen MR) is 109 cm³/mol. The molecule has 1 saturated heterocycles. The number of rotatable bonds is 5. The van der Waals surface area contributed by atoms with Gasteiger partial charge in [-0.2, -0.15) is 0 Å². The van der Waals surface area contributed by atoms with E-state index >= 15 is 0 Å². The molecule has 2 aromatic carbocycles. The molecule has 0 saturated carbocycles. The standard InChI is InChI=1S/C24H31N/c1-2-3-18-25-19-10-16-23(17-11-20-25)24(21-12-6-4-7-13-21)22-14-8-5-9-15-22/h4-9,12-15H,2-3,10-11,16-20H2,1H3. The fraction of sp³-hybridized carbons (Fsp3) is 0.417. The van der Waals surface area contributed by atoms with Gasteiger partial charge >= 0.3 is 0 Å². The number of allylic oxidation sites excluding steroid dienone is 1. The monoisotopic (exact) mass is 333 g/mol. The molecule has 3 rings (SSSR count). The van der Waals surface area contributed by atoms with Crippen LogP contribution in [0.4, 0.5) is 0 Å². The van der Waals surface area contributed by atoms with Gasteiger partial charge in [0.25, 0.3) is 0 Å². The van der Waals surface area contributed by atoms with E-state index in [-0.39, 0.29) is 0 Å². The lowest BCUT2D eigenvalue weighted by atomic mass is 9.88. The third kappa shape index (κ3) is 5.06. The molecule has 0 bridgehead atoms. The van der Waals surface area contributed by atoms with Gasteiger partial charge in [-0.1, -0.05) is 79.6 Å². The van der Waals surface area contributed by atoms with Crippen LogP contribution in [0.25, 0.3) is 5.57 Å². The van der Waals surface area contributed by atoms with Crippen LogP contribution in [0.5, 0.6) is 0 Å². The minimum absolute atomic E-state index is 1.22. The van der Waals surface area contributed by atoms with E-state index in [0.717, 1.165) is 0 Å². The lowest BCUT2D eigenvalue weighted by Gasteiger charge is -2.26. The Hall–Kier alpha value is -1.86.